The summed E-state index contributed by atoms with van der Waals surface area (Å²) in [7, 11) is 0. The van der Waals surface area contributed by atoms with Crippen molar-refractivity contribution >= 4 is 250 Å². The van der Waals surface area contributed by atoms with Crippen LogP contribution in [0.15, 0.2) is 48.5 Å². The van der Waals surface area contributed by atoms with Crippen LogP contribution in [0.3, 0.4) is 0 Å². The molecule has 0 saturated heterocycles. The zero-order valence-corrected chi connectivity index (χ0v) is 56.5. The van der Waals surface area contributed by atoms with Crippen LogP contribution in [0, 0.1) is 49.5 Å². The summed E-state index contributed by atoms with van der Waals surface area (Å²) >= 11 is 22.0. The van der Waals surface area contributed by atoms with E-state index >= 15 is 0 Å². The second-order valence-corrected chi connectivity index (χ2v) is 23.1. The minimum atomic E-state index is -0.350. The number of hydrogen-bond donors (Lipinski definition) is 0. The smallest absolute Gasteiger partial charge is 0.342 e. The Morgan fingerprint density at radius 1 is 0.422 bits per heavy atom. The van der Waals surface area contributed by atoms with E-state index in [9.17, 15) is 19.2 Å². The molecule has 0 fully saturated rings. The van der Waals surface area contributed by atoms with Crippen LogP contribution in [0.2, 0.25) is 0 Å². The Kier molecular flexibility index (Phi) is 35.9. The second kappa shape index (κ2) is 35.9. The zero-order chi connectivity index (χ0) is 48.5. The Bertz CT molecular complexity index is 2120. The minimum absolute atomic E-state index is 0.00251. The predicted octanol–water partition coefficient (Wildman–Crippen LogP) is 14.0. The monoisotopic (exact) mass is 2010 g/mol. The largest absolute Gasteiger partial charge is 0.435 e. The first-order valence-electron chi connectivity index (χ1n) is 18.4. The summed E-state index contributed by atoms with van der Waals surface area (Å²) in [5.41, 5.74) is 4.74. The van der Waals surface area contributed by atoms with Gasteiger partial charge in [-0.1, -0.05) is 6.07 Å². The fourth-order valence-electron chi connectivity index (χ4n) is 4.13. The van der Waals surface area contributed by atoms with Crippen molar-refractivity contribution in [1.29, 1.82) is 0 Å². The molecule has 12 nitrogen and oxygen atoms in total. The third kappa shape index (κ3) is 23.4. The summed E-state index contributed by atoms with van der Waals surface area (Å²) in [6.45, 7) is 13.7. The molecule has 0 aliphatic carbocycles. The first-order chi connectivity index (χ1) is 30.3. The van der Waals surface area contributed by atoms with Gasteiger partial charge in [0.15, 0.2) is 27.2 Å². The first kappa shape index (κ1) is 63.9. The first-order valence-corrected chi connectivity index (χ1v) is 29.2. The molecule has 22 heteroatoms. The van der Waals surface area contributed by atoms with E-state index in [4.69, 9.17) is 37.9 Å². The lowest BCUT2D eigenvalue weighted by Crippen LogP contribution is -2.14. The molecule has 0 atom stereocenters. The van der Waals surface area contributed by atoms with E-state index in [-0.39, 0.29) is 51.0 Å². The zero-order valence-electron chi connectivity index (χ0n) is 35.0. The third-order valence-electron chi connectivity index (χ3n) is 7.30. The molecule has 0 N–H and O–H groups in total. The van der Waals surface area contributed by atoms with Gasteiger partial charge < -0.3 is 37.9 Å². The van der Waals surface area contributed by atoms with Crippen molar-refractivity contribution in [2.45, 2.75) is 41.5 Å². The van der Waals surface area contributed by atoms with Crippen LogP contribution in [0.4, 0.5) is 0 Å². The SMILES string of the molecule is CCOCOC(=O)c1c(I)c(I)c(C)c(I)c1I.CCOCOC(=O)c1c(I)cc(C)c(I)c1I.CCOCOC(=O)c1cc(I)cc(I)c1.CCOCOC(=O)c1cccc(I)c1. The van der Waals surface area contributed by atoms with Crippen LogP contribution < -0.4 is 0 Å². The maximum absolute atomic E-state index is 12.1. The van der Waals surface area contributed by atoms with Crippen LogP contribution in [-0.2, 0) is 37.9 Å². The highest BCUT2D eigenvalue weighted by Crippen LogP contribution is 2.33. The van der Waals surface area contributed by atoms with Crippen molar-refractivity contribution in [3.63, 3.8) is 0 Å². The van der Waals surface area contributed by atoms with Gasteiger partial charge in [-0.3, -0.25) is 0 Å². The molecule has 0 heterocycles. The Balaban J connectivity index is 0.000000429. The van der Waals surface area contributed by atoms with Crippen molar-refractivity contribution in [1.82, 2.24) is 0 Å². The van der Waals surface area contributed by atoms with E-state index in [1.54, 1.807) is 24.3 Å². The average Bonchev–Trinajstić information content (AvgIpc) is 3.25. The number of carbonyl (C=O) groups is 4. The van der Waals surface area contributed by atoms with Gasteiger partial charge in [0.05, 0.1) is 22.3 Å². The number of ether oxygens (including phenoxy) is 8. The summed E-state index contributed by atoms with van der Waals surface area (Å²) in [5.74, 6) is -1.35. The van der Waals surface area contributed by atoms with Gasteiger partial charge in [0, 0.05) is 62.1 Å². The maximum atomic E-state index is 12.1. The lowest BCUT2D eigenvalue weighted by molar-refractivity contribution is -0.0284. The molecule has 0 spiro atoms. The number of rotatable bonds is 16. The molecule has 4 rings (SSSR count). The van der Waals surface area contributed by atoms with Gasteiger partial charge in [-0.25, -0.2) is 19.2 Å². The number of carbonyl (C=O) groups excluding carboxylic acids is 4. The number of benzene rings is 4. The van der Waals surface area contributed by atoms with E-state index < -0.39 is 0 Å². The summed E-state index contributed by atoms with van der Waals surface area (Å²) in [5, 5.41) is 0. The van der Waals surface area contributed by atoms with Crippen molar-refractivity contribution in [3.8, 4) is 0 Å². The van der Waals surface area contributed by atoms with Crippen LogP contribution >= 0.6 is 226 Å². The predicted molar refractivity (Wildman–Crippen MR) is 330 cm³/mol. The van der Waals surface area contributed by atoms with Gasteiger partial charge in [-0.15, -0.1) is 0 Å². The van der Waals surface area contributed by atoms with Crippen molar-refractivity contribution in [2.24, 2.45) is 0 Å². The van der Waals surface area contributed by atoms with Crippen LogP contribution in [0.25, 0.3) is 0 Å². The molecule has 64 heavy (non-hydrogen) atoms. The van der Waals surface area contributed by atoms with Crippen LogP contribution in [0.5, 0.6) is 0 Å². The molecule has 0 amide bonds. The lowest BCUT2D eigenvalue weighted by Gasteiger charge is -2.13. The van der Waals surface area contributed by atoms with Gasteiger partial charge in [-0.2, -0.15) is 0 Å². The van der Waals surface area contributed by atoms with E-state index in [2.05, 4.69) is 233 Å². The Morgan fingerprint density at radius 2 is 0.797 bits per heavy atom. The molecule has 352 valence electrons. The standard InChI is InChI=1S/C11H10I4O3.C11H11I3O3.C10H10I2O3.C10H11IO3/c1-3-17-4-18-11(16)6-9(14)7(12)5(2)8(13)10(6)15;1-3-16-5-17-11(15)8-7(12)4-6(2)9(13)10(8)14;1-2-14-6-15-10(13)7-3-8(11)5-9(12)4-7;1-2-13-7-14-10(12)8-4-3-5-9(11)6-8/h3-4H2,1-2H3;4H,3,5H2,1-2H3;3-5H,2,6H2,1H3;3-6H,2,7H2,1H3. The molecule has 0 aromatic heterocycles. The van der Waals surface area contributed by atoms with E-state index in [0.29, 0.717) is 48.7 Å². The normalized spacial score (nSPS) is 10.2. The quantitative estimate of drug-likeness (QED) is 0.0263. The highest BCUT2D eigenvalue weighted by molar-refractivity contribution is 14.1. The highest BCUT2D eigenvalue weighted by Gasteiger charge is 2.23. The number of hydrogen-bond acceptors (Lipinski definition) is 12. The van der Waals surface area contributed by atoms with Crippen molar-refractivity contribution in [3.05, 3.63) is 118 Å². The highest BCUT2D eigenvalue weighted by atomic mass is 127. The third-order valence-corrected chi connectivity index (χ3v) is 20.5. The minimum Gasteiger partial charge on any atom is -0.435 e. The Hall–Kier alpha value is 1.90. The van der Waals surface area contributed by atoms with Gasteiger partial charge in [0.2, 0.25) is 0 Å². The molecule has 0 saturated carbocycles. The number of halogens is 10. The number of aryl methyl sites for hydroxylation is 1. The van der Waals surface area contributed by atoms with E-state index in [1.807, 2.05) is 58.9 Å². The van der Waals surface area contributed by atoms with Crippen molar-refractivity contribution < 1.29 is 57.1 Å². The summed E-state index contributed by atoms with van der Waals surface area (Å²) < 4.78 is 49.9. The lowest BCUT2D eigenvalue weighted by atomic mass is 10.1. The van der Waals surface area contributed by atoms with Gasteiger partial charge in [0.25, 0.3) is 0 Å². The molecular weight excluding hydrogens is 1970 g/mol. The van der Waals surface area contributed by atoms with E-state index in [0.717, 1.165) is 35.7 Å². The molecule has 0 unspecified atom stereocenters. The Morgan fingerprint density at radius 3 is 1.22 bits per heavy atom. The summed E-state index contributed by atoms with van der Waals surface area (Å²) in [6.07, 6.45) is 0. The topological polar surface area (TPSA) is 142 Å². The summed E-state index contributed by atoms with van der Waals surface area (Å²) in [6, 6.07) is 14.8. The Labute approximate surface area is 510 Å². The van der Waals surface area contributed by atoms with Gasteiger partial charge in [-0.05, 0) is 321 Å². The van der Waals surface area contributed by atoms with E-state index in [1.165, 1.54) is 11.1 Å². The second-order valence-electron chi connectivity index (χ2n) is 11.8. The molecule has 4 aromatic rings. The molecular formula is C42H42I10O12. The maximum Gasteiger partial charge on any atom is 0.342 e. The average molecular weight is 2010 g/mol. The summed E-state index contributed by atoms with van der Waals surface area (Å²) in [4.78, 5) is 46.8. The molecule has 0 radical (unpaired) electrons. The molecule has 0 bridgehead atoms. The van der Waals surface area contributed by atoms with Gasteiger partial charge >= 0.3 is 23.9 Å². The van der Waals surface area contributed by atoms with Crippen LogP contribution in [0.1, 0.15) is 80.3 Å². The van der Waals surface area contributed by atoms with Gasteiger partial charge in [0.1, 0.15) is 0 Å². The fraction of sp³-hybridized carbons (Fsp3) is 0.333. The molecule has 4 aromatic carbocycles. The number of esters is 4. The molecule has 0 aliphatic heterocycles. The van der Waals surface area contributed by atoms with Crippen molar-refractivity contribution in [2.75, 3.05) is 53.6 Å². The fourth-order valence-corrected chi connectivity index (χ4v) is 13.3. The molecule has 0 aliphatic rings. The van der Waals surface area contributed by atoms with Crippen LogP contribution in [-0.4, -0.2) is 77.5 Å².